The van der Waals surface area contributed by atoms with Gasteiger partial charge in [0.05, 0.1) is 16.2 Å². The number of nitrogens with zero attached hydrogens (tertiary/aromatic N) is 3. The third-order valence-corrected chi connectivity index (χ3v) is 4.93. The fourth-order valence-electron chi connectivity index (χ4n) is 2.82. The molecule has 2 aromatic carbocycles. The number of hydrogen-bond donors (Lipinski definition) is 1. The van der Waals surface area contributed by atoms with Crippen LogP contribution in [0.15, 0.2) is 47.2 Å². The minimum atomic E-state index is -0.0469. The second kappa shape index (κ2) is 7.27. The Morgan fingerprint density at radius 1 is 1.32 bits per heavy atom. The number of phenolic OH excluding ortho intramolecular Hbond substituents is 1. The summed E-state index contributed by atoms with van der Waals surface area (Å²) in [6.07, 6.45) is 4.39. The number of aromatic nitrogens is 2. The summed E-state index contributed by atoms with van der Waals surface area (Å²) in [4.78, 5) is 14.2. The van der Waals surface area contributed by atoms with Crippen LogP contribution in [-0.2, 0) is 13.1 Å². The second-order valence-corrected chi connectivity index (χ2v) is 6.90. The molecule has 0 saturated heterocycles. The molecule has 0 aliphatic rings. The molecule has 3 rings (SSSR count). The molecule has 0 bridgehead atoms. The van der Waals surface area contributed by atoms with Crippen LogP contribution in [0.4, 0.5) is 0 Å². The monoisotopic (exact) mass is 401 g/mol. The molecule has 25 heavy (non-hydrogen) atoms. The van der Waals surface area contributed by atoms with Gasteiger partial charge in [-0.05, 0) is 50.8 Å². The van der Waals surface area contributed by atoms with Crippen molar-refractivity contribution in [3.63, 3.8) is 0 Å². The molecule has 1 amide bonds. The highest BCUT2D eigenvalue weighted by atomic mass is 79.9. The van der Waals surface area contributed by atoms with Gasteiger partial charge in [-0.15, -0.1) is 0 Å². The van der Waals surface area contributed by atoms with Gasteiger partial charge in [0.15, 0.2) is 0 Å². The molecule has 0 atom stereocenters. The zero-order chi connectivity index (χ0) is 18.0. The molecule has 130 valence electrons. The Bertz CT molecular complexity index is 920. The van der Waals surface area contributed by atoms with Crippen LogP contribution in [0.3, 0.4) is 0 Å². The van der Waals surface area contributed by atoms with Crippen LogP contribution in [0.25, 0.3) is 10.8 Å². The van der Waals surface area contributed by atoms with Crippen molar-refractivity contribution in [3.05, 3.63) is 58.3 Å². The number of carbonyl (C=O) groups is 1. The molecule has 1 aromatic heterocycles. The topological polar surface area (TPSA) is 58.4 Å². The highest BCUT2D eigenvalue weighted by molar-refractivity contribution is 9.10. The molecule has 0 fully saturated rings. The van der Waals surface area contributed by atoms with Crippen LogP contribution in [0.1, 0.15) is 29.3 Å². The lowest BCUT2D eigenvalue weighted by molar-refractivity contribution is 0.0785. The first kappa shape index (κ1) is 17.5. The molecule has 3 aromatic rings. The van der Waals surface area contributed by atoms with Gasteiger partial charge in [-0.3, -0.25) is 9.48 Å². The van der Waals surface area contributed by atoms with Gasteiger partial charge in [0.1, 0.15) is 5.75 Å². The maximum atomic E-state index is 12.6. The fourth-order valence-corrected chi connectivity index (χ4v) is 3.31. The highest BCUT2D eigenvalue weighted by Gasteiger charge is 2.14. The Morgan fingerprint density at radius 3 is 2.88 bits per heavy atom. The van der Waals surface area contributed by atoms with Crippen molar-refractivity contribution < 1.29 is 9.90 Å². The van der Waals surface area contributed by atoms with Crippen molar-refractivity contribution >= 4 is 32.6 Å². The summed E-state index contributed by atoms with van der Waals surface area (Å²) >= 11 is 3.40. The summed E-state index contributed by atoms with van der Waals surface area (Å²) in [6, 6.07) is 9.48. The van der Waals surface area contributed by atoms with E-state index in [2.05, 4.69) is 28.0 Å². The number of aromatic hydroxyl groups is 1. The molecule has 0 radical (unpaired) electrons. The number of benzene rings is 2. The van der Waals surface area contributed by atoms with Crippen LogP contribution >= 0.6 is 15.9 Å². The molecular formula is C19H20BrN3O2. The van der Waals surface area contributed by atoms with Gasteiger partial charge in [0.2, 0.25) is 0 Å². The normalized spacial score (nSPS) is 11.0. The predicted molar refractivity (Wildman–Crippen MR) is 102 cm³/mol. The molecule has 1 heterocycles. The van der Waals surface area contributed by atoms with Crippen molar-refractivity contribution in [1.29, 1.82) is 0 Å². The average Bonchev–Trinajstić information content (AvgIpc) is 3.06. The zero-order valence-corrected chi connectivity index (χ0v) is 15.8. The Morgan fingerprint density at radius 2 is 2.12 bits per heavy atom. The van der Waals surface area contributed by atoms with Crippen LogP contribution in [0, 0.1) is 0 Å². The molecule has 5 nitrogen and oxygen atoms in total. The van der Waals surface area contributed by atoms with Crippen LogP contribution < -0.4 is 0 Å². The van der Waals surface area contributed by atoms with E-state index in [4.69, 9.17) is 0 Å². The van der Waals surface area contributed by atoms with E-state index >= 15 is 0 Å². The minimum Gasteiger partial charge on any atom is -0.507 e. The molecule has 6 heteroatoms. The Hall–Kier alpha value is -2.34. The Kier molecular flexibility index (Phi) is 5.08. The predicted octanol–water partition coefficient (Wildman–Crippen LogP) is 4.19. The fraction of sp³-hybridized carbons (Fsp3) is 0.263. The zero-order valence-electron chi connectivity index (χ0n) is 14.2. The van der Waals surface area contributed by atoms with Crippen LogP contribution in [-0.4, -0.2) is 32.7 Å². The summed E-state index contributed by atoms with van der Waals surface area (Å²) in [6.45, 7) is 3.39. The number of fused-ring (bicyclic) bond motifs is 1. The van der Waals surface area contributed by atoms with Crippen molar-refractivity contribution in [3.8, 4) is 5.75 Å². The van der Waals surface area contributed by atoms with Crippen LogP contribution in [0.5, 0.6) is 5.75 Å². The van der Waals surface area contributed by atoms with Crippen molar-refractivity contribution in [2.24, 2.45) is 0 Å². The SMILES string of the molecule is CCCn1cc(C(=O)N(C)Cc2ccc3c(Br)c(O)ccc3c2)cn1. The van der Waals surface area contributed by atoms with E-state index < -0.39 is 0 Å². The van der Waals surface area contributed by atoms with Gasteiger partial charge in [-0.1, -0.05) is 25.1 Å². The van der Waals surface area contributed by atoms with Crippen molar-refractivity contribution in [1.82, 2.24) is 14.7 Å². The summed E-state index contributed by atoms with van der Waals surface area (Å²) in [5.74, 6) is 0.172. The van der Waals surface area contributed by atoms with E-state index in [9.17, 15) is 9.90 Å². The van der Waals surface area contributed by atoms with E-state index in [1.165, 1.54) is 0 Å². The van der Waals surface area contributed by atoms with Gasteiger partial charge in [0.25, 0.3) is 5.91 Å². The van der Waals surface area contributed by atoms with E-state index in [0.717, 1.165) is 29.3 Å². The summed E-state index contributed by atoms with van der Waals surface area (Å²) < 4.78 is 2.48. The molecule has 0 spiro atoms. The molecule has 0 aliphatic heterocycles. The Balaban J connectivity index is 1.77. The standard InChI is InChI=1S/C19H20BrN3O2/c1-3-8-23-12-15(10-21-23)19(25)22(2)11-13-4-6-16-14(9-13)5-7-17(24)18(16)20/h4-7,9-10,12,24H,3,8,11H2,1-2H3. The van der Waals surface area contributed by atoms with Crippen molar-refractivity contribution in [2.45, 2.75) is 26.4 Å². The molecule has 0 saturated carbocycles. The van der Waals surface area contributed by atoms with Gasteiger partial charge in [-0.2, -0.15) is 5.10 Å². The maximum absolute atomic E-state index is 12.6. The smallest absolute Gasteiger partial charge is 0.257 e. The van der Waals surface area contributed by atoms with Gasteiger partial charge in [-0.25, -0.2) is 0 Å². The number of aryl methyl sites for hydroxylation is 1. The number of carbonyl (C=O) groups excluding carboxylic acids is 1. The first-order valence-electron chi connectivity index (χ1n) is 8.17. The average molecular weight is 402 g/mol. The van der Waals surface area contributed by atoms with Gasteiger partial charge >= 0.3 is 0 Å². The van der Waals surface area contributed by atoms with Gasteiger partial charge < -0.3 is 10.0 Å². The number of rotatable bonds is 5. The van der Waals surface area contributed by atoms with E-state index in [1.54, 1.807) is 35.1 Å². The van der Waals surface area contributed by atoms with Gasteiger partial charge in [0, 0.05) is 26.3 Å². The lowest BCUT2D eigenvalue weighted by Crippen LogP contribution is -2.25. The molecular weight excluding hydrogens is 382 g/mol. The Labute approximate surface area is 155 Å². The van der Waals surface area contributed by atoms with E-state index in [0.29, 0.717) is 16.6 Å². The number of hydrogen-bond acceptors (Lipinski definition) is 3. The lowest BCUT2D eigenvalue weighted by atomic mass is 10.1. The van der Waals surface area contributed by atoms with Crippen molar-refractivity contribution in [2.75, 3.05) is 7.05 Å². The van der Waals surface area contributed by atoms with Crippen LogP contribution in [0.2, 0.25) is 0 Å². The lowest BCUT2D eigenvalue weighted by Gasteiger charge is -2.17. The van der Waals surface area contributed by atoms with E-state index in [-0.39, 0.29) is 11.7 Å². The largest absolute Gasteiger partial charge is 0.507 e. The highest BCUT2D eigenvalue weighted by Crippen LogP contribution is 2.32. The first-order chi connectivity index (χ1) is 12.0. The quantitative estimate of drug-likeness (QED) is 0.697. The van der Waals surface area contributed by atoms with E-state index in [1.807, 2.05) is 24.3 Å². The molecule has 1 N–H and O–H groups in total. The summed E-state index contributed by atoms with van der Waals surface area (Å²) in [5, 5.41) is 15.9. The first-order valence-corrected chi connectivity index (χ1v) is 8.97. The minimum absolute atomic E-state index is 0.0469. The number of phenols is 1. The third-order valence-electron chi connectivity index (χ3n) is 4.10. The molecule has 0 aliphatic carbocycles. The summed E-state index contributed by atoms with van der Waals surface area (Å²) in [7, 11) is 1.79. The third kappa shape index (κ3) is 3.69. The second-order valence-electron chi connectivity index (χ2n) is 6.11. The number of halogens is 1. The maximum Gasteiger partial charge on any atom is 0.257 e. The molecule has 0 unspecified atom stereocenters. The summed E-state index contributed by atoms with van der Waals surface area (Å²) in [5.41, 5.74) is 1.63. The number of amides is 1.